The van der Waals surface area contributed by atoms with E-state index in [4.69, 9.17) is 16.3 Å². The minimum absolute atomic E-state index is 0.0974. The fraction of sp³-hybridized carbons (Fsp3) is 0.571. The predicted octanol–water partition coefficient (Wildman–Crippen LogP) is 3.81. The second-order valence-corrected chi connectivity index (χ2v) is 4.51. The number of rotatable bonds is 8. The number of unbranched alkanes of at least 4 members (excludes halogenated alkanes) is 1. The highest BCUT2D eigenvalue weighted by molar-refractivity contribution is 6.30. The molecule has 1 atom stereocenters. The molecule has 0 aromatic heterocycles. The number of hydrogen-bond acceptors (Lipinski definition) is 2. The minimum Gasteiger partial charge on any atom is -0.372 e. The first-order valence-electron chi connectivity index (χ1n) is 6.35. The lowest BCUT2D eigenvalue weighted by Gasteiger charge is -2.19. The summed E-state index contributed by atoms with van der Waals surface area (Å²) < 4.78 is 5.90. The summed E-state index contributed by atoms with van der Waals surface area (Å²) in [6, 6.07) is 7.91. The lowest BCUT2D eigenvalue weighted by Crippen LogP contribution is -2.23. The third-order valence-electron chi connectivity index (χ3n) is 2.62. The fourth-order valence-electron chi connectivity index (χ4n) is 1.63. The molecule has 3 heteroatoms. The average Bonchev–Trinajstić information content (AvgIpc) is 2.33. The molecule has 1 aromatic carbocycles. The number of halogens is 1. The Balaban J connectivity index is 2.60. The van der Waals surface area contributed by atoms with Gasteiger partial charge in [0, 0.05) is 18.2 Å². The molecule has 0 bridgehead atoms. The second kappa shape index (κ2) is 8.51. The summed E-state index contributed by atoms with van der Waals surface area (Å²) in [7, 11) is 0. The van der Waals surface area contributed by atoms with Crippen LogP contribution in [0.1, 0.15) is 38.4 Å². The van der Waals surface area contributed by atoms with Gasteiger partial charge in [0.05, 0.1) is 6.10 Å². The Kier molecular flexibility index (Phi) is 7.25. The maximum Gasteiger partial charge on any atom is 0.0949 e. The van der Waals surface area contributed by atoms with Gasteiger partial charge in [-0.15, -0.1) is 0 Å². The molecule has 96 valence electrons. The molecule has 0 aliphatic heterocycles. The van der Waals surface area contributed by atoms with Crippen molar-refractivity contribution in [2.75, 3.05) is 19.7 Å². The Morgan fingerprint density at radius 1 is 1.35 bits per heavy atom. The Morgan fingerprint density at radius 3 is 2.82 bits per heavy atom. The van der Waals surface area contributed by atoms with E-state index in [1.807, 2.05) is 18.2 Å². The maximum atomic E-state index is 6.01. The third kappa shape index (κ3) is 5.53. The van der Waals surface area contributed by atoms with Crippen LogP contribution >= 0.6 is 11.6 Å². The van der Waals surface area contributed by atoms with Crippen LogP contribution in [0.3, 0.4) is 0 Å². The molecule has 1 unspecified atom stereocenters. The molecular weight excluding hydrogens is 234 g/mol. The Labute approximate surface area is 109 Å². The zero-order valence-corrected chi connectivity index (χ0v) is 11.5. The normalized spacial score (nSPS) is 12.6. The number of hydrogen-bond donors (Lipinski definition) is 1. The summed E-state index contributed by atoms with van der Waals surface area (Å²) in [6.07, 6.45) is 2.35. The van der Waals surface area contributed by atoms with E-state index in [-0.39, 0.29) is 6.10 Å². The van der Waals surface area contributed by atoms with Crippen LogP contribution in [0.15, 0.2) is 24.3 Å². The van der Waals surface area contributed by atoms with Crippen molar-refractivity contribution in [3.63, 3.8) is 0 Å². The van der Waals surface area contributed by atoms with E-state index in [0.717, 1.165) is 43.1 Å². The fourth-order valence-corrected chi connectivity index (χ4v) is 1.82. The van der Waals surface area contributed by atoms with E-state index in [0.29, 0.717) is 0 Å². The quantitative estimate of drug-likeness (QED) is 0.714. The van der Waals surface area contributed by atoms with Gasteiger partial charge in [-0.2, -0.15) is 0 Å². The summed E-state index contributed by atoms with van der Waals surface area (Å²) in [5.41, 5.74) is 1.15. The Morgan fingerprint density at radius 2 is 2.18 bits per heavy atom. The standard InChI is InChI=1S/C14H22ClNO/c1-3-5-9-17-14(11-16-4-2)12-7-6-8-13(15)10-12/h6-8,10,14,16H,3-5,9,11H2,1-2H3. The lowest BCUT2D eigenvalue weighted by atomic mass is 10.1. The molecule has 1 N–H and O–H groups in total. The summed E-state index contributed by atoms with van der Waals surface area (Å²) in [5.74, 6) is 0. The molecule has 0 fully saturated rings. The molecule has 0 radical (unpaired) electrons. The summed E-state index contributed by atoms with van der Waals surface area (Å²) >= 11 is 6.01. The number of likely N-dealkylation sites (N-methyl/N-ethyl adjacent to an activating group) is 1. The first-order valence-corrected chi connectivity index (χ1v) is 6.73. The molecule has 0 saturated heterocycles. The number of ether oxygens (including phenoxy) is 1. The van der Waals surface area contributed by atoms with Crippen LogP contribution in [0, 0.1) is 0 Å². The molecule has 17 heavy (non-hydrogen) atoms. The van der Waals surface area contributed by atoms with Crippen molar-refractivity contribution in [1.82, 2.24) is 5.32 Å². The molecule has 0 heterocycles. The van der Waals surface area contributed by atoms with Gasteiger partial charge in [-0.3, -0.25) is 0 Å². The van der Waals surface area contributed by atoms with Crippen molar-refractivity contribution in [1.29, 1.82) is 0 Å². The highest BCUT2D eigenvalue weighted by Crippen LogP contribution is 2.20. The first kappa shape index (κ1) is 14.5. The van der Waals surface area contributed by atoms with Crippen molar-refractivity contribution in [2.45, 2.75) is 32.8 Å². The zero-order chi connectivity index (χ0) is 12.5. The zero-order valence-electron chi connectivity index (χ0n) is 10.7. The van der Waals surface area contributed by atoms with E-state index in [1.165, 1.54) is 0 Å². The van der Waals surface area contributed by atoms with Gasteiger partial charge in [-0.25, -0.2) is 0 Å². The van der Waals surface area contributed by atoms with Crippen LogP contribution < -0.4 is 5.32 Å². The van der Waals surface area contributed by atoms with Gasteiger partial charge in [-0.05, 0) is 30.7 Å². The van der Waals surface area contributed by atoms with Crippen molar-refractivity contribution in [2.24, 2.45) is 0 Å². The summed E-state index contributed by atoms with van der Waals surface area (Å²) in [5, 5.41) is 4.09. The van der Waals surface area contributed by atoms with Crippen LogP contribution in [-0.4, -0.2) is 19.7 Å². The molecule has 2 nitrogen and oxygen atoms in total. The van der Waals surface area contributed by atoms with Gasteiger partial charge < -0.3 is 10.1 Å². The molecule has 0 amide bonds. The van der Waals surface area contributed by atoms with Crippen molar-refractivity contribution >= 4 is 11.6 Å². The van der Waals surface area contributed by atoms with Crippen molar-refractivity contribution < 1.29 is 4.74 Å². The highest BCUT2D eigenvalue weighted by Gasteiger charge is 2.11. The summed E-state index contributed by atoms with van der Waals surface area (Å²) in [6.45, 7) is 6.86. The van der Waals surface area contributed by atoms with E-state index in [1.54, 1.807) is 0 Å². The maximum absolute atomic E-state index is 6.01. The molecule has 0 aliphatic rings. The first-order chi connectivity index (χ1) is 8.27. The van der Waals surface area contributed by atoms with Gasteiger partial charge in [0.15, 0.2) is 0 Å². The molecule has 0 saturated carbocycles. The third-order valence-corrected chi connectivity index (χ3v) is 2.85. The van der Waals surface area contributed by atoms with Gasteiger partial charge in [-0.1, -0.05) is 44.0 Å². The van der Waals surface area contributed by atoms with E-state index in [2.05, 4.69) is 25.2 Å². The van der Waals surface area contributed by atoms with Gasteiger partial charge in [0.25, 0.3) is 0 Å². The molecule has 1 aromatic rings. The SMILES string of the molecule is CCCCOC(CNCC)c1cccc(Cl)c1. The molecule has 1 rings (SSSR count). The highest BCUT2D eigenvalue weighted by atomic mass is 35.5. The van der Waals surface area contributed by atoms with Crippen LogP contribution in [0.5, 0.6) is 0 Å². The average molecular weight is 256 g/mol. The number of benzene rings is 1. The van der Waals surface area contributed by atoms with E-state index < -0.39 is 0 Å². The van der Waals surface area contributed by atoms with Crippen LogP contribution in [-0.2, 0) is 4.74 Å². The second-order valence-electron chi connectivity index (χ2n) is 4.08. The Bertz CT molecular complexity index is 317. The predicted molar refractivity (Wildman–Crippen MR) is 73.6 cm³/mol. The Hall–Kier alpha value is -0.570. The van der Waals surface area contributed by atoms with Crippen LogP contribution in [0.25, 0.3) is 0 Å². The topological polar surface area (TPSA) is 21.3 Å². The number of nitrogens with one attached hydrogen (secondary N) is 1. The monoisotopic (exact) mass is 255 g/mol. The largest absolute Gasteiger partial charge is 0.372 e. The lowest BCUT2D eigenvalue weighted by molar-refractivity contribution is 0.0510. The van der Waals surface area contributed by atoms with Gasteiger partial charge >= 0.3 is 0 Å². The van der Waals surface area contributed by atoms with Gasteiger partial charge in [0.2, 0.25) is 0 Å². The smallest absolute Gasteiger partial charge is 0.0949 e. The minimum atomic E-state index is 0.0974. The summed E-state index contributed by atoms with van der Waals surface area (Å²) in [4.78, 5) is 0. The van der Waals surface area contributed by atoms with E-state index in [9.17, 15) is 0 Å². The van der Waals surface area contributed by atoms with Crippen LogP contribution in [0.2, 0.25) is 5.02 Å². The van der Waals surface area contributed by atoms with Crippen molar-refractivity contribution in [3.8, 4) is 0 Å². The molecule has 0 aliphatic carbocycles. The van der Waals surface area contributed by atoms with Crippen molar-refractivity contribution in [3.05, 3.63) is 34.9 Å². The van der Waals surface area contributed by atoms with Crippen LogP contribution in [0.4, 0.5) is 0 Å². The van der Waals surface area contributed by atoms with E-state index >= 15 is 0 Å². The molecular formula is C14H22ClNO. The van der Waals surface area contributed by atoms with Gasteiger partial charge in [0.1, 0.15) is 0 Å². The molecule has 0 spiro atoms.